The van der Waals surface area contributed by atoms with E-state index in [1.165, 1.54) is 84.1 Å². The van der Waals surface area contributed by atoms with Gasteiger partial charge in [0.25, 0.3) is 0 Å². The first-order chi connectivity index (χ1) is 28.8. The lowest BCUT2D eigenvalue weighted by molar-refractivity contribution is -0.109. The molecular formula is C54H56N4OS. The summed E-state index contributed by atoms with van der Waals surface area (Å²) in [5, 5.41) is 0.182. The van der Waals surface area contributed by atoms with Crippen molar-refractivity contribution in [1.29, 1.82) is 0 Å². The summed E-state index contributed by atoms with van der Waals surface area (Å²) in [7, 11) is 0. The highest BCUT2D eigenvalue weighted by atomic mass is 32.2. The van der Waals surface area contributed by atoms with Gasteiger partial charge in [-0.2, -0.15) is 0 Å². The molecule has 0 saturated carbocycles. The molecule has 0 spiro atoms. The van der Waals surface area contributed by atoms with Gasteiger partial charge >= 0.3 is 0 Å². The molecule has 2 aliphatic heterocycles. The van der Waals surface area contributed by atoms with E-state index in [1.807, 2.05) is 0 Å². The lowest BCUT2D eigenvalue weighted by Crippen LogP contribution is -1.96. The maximum absolute atomic E-state index is 11.6. The molecule has 0 saturated heterocycles. The third-order valence-corrected chi connectivity index (χ3v) is 12.9. The summed E-state index contributed by atoms with van der Waals surface area (Å²) in [6, 6.07) is 22.6. The summed E-state index contributed by atoms with van der Waals surface area (Å²) < 4.78 is 0. The first-order valence-corrected chi connectivity index (χ1v) is 22.3. The molecule has 2 N–H and O–H groups in total. The Morgan fingerprint density at radius 3 is 1.22 bits per heavy atom. The number of H-pyrrole nitrogens is 2. The normalized spacial score (nSPS) is 12.2. The van der Waals surface area contributed by atoms with Gasteiger partial charge in [-0.05, 0) is 180 Å². The van der Waals surface area contributed by atoms with E-state index in [-0.39, 0.29) is 5.12 Å². The van der Waals surface area contributed by atoms with Crippen molar-refractivity contribution in [3.63, 3.8) is 0 Å². The van der Waals surface area contributed by atoms with Crippen LogP contribution in [0, 0.1) is 62.3 Å². The molecule has 60 heavy (non-hydrogen) atoms. The third-order valence-electron chi connectivity index (χ3n) is 12.0. The van der Waals surface area contributed by atoms with E-state index in [4.69, 9.17) is 9.97 Å². The number of nitrogens with zero attached hydrogens (tertiary/aromatic N) is 2. The first kappa shape index (κ1) is 41.0. The van der Waals surface area contributed by atoms with Gasteiger partial charge in [0.05, 0.1) is 22.8 Å². The van der Waals surface area contributed by atoms with Crippen LogP contribution in [0.25, 0.3) is 79.8 Å². The van der Waals surface area contributed by atoms with Crippen LogP contribution in [0.15, 0.2) is 60.7 Å². The number of carbonyl (C=O) groups is 1. The van der Waals surface area contributed by atoms with Crippen LogP contribution in [0.5, 0.6) is 0 Å². The number of benzene rings is 3. The van der Waals surface area contributed by atoms with Crippen LogP contribution in [-0.4, -0.2) is 30.8 Å². The minimum atomic E-state index is 0.182. The zero-order chi connectivity index (χ0) is 42.4. The smallest absolute Gasteiger partial charge is 0.185 e. The molecule has 3 aromatic carbocycles. The minimum Gasteiger partial charge on any atom is -0.355 e. The standard InChI is InChI=1S/C54H56N4OS/c1-30-24-33(4)49(34(5)25-30)52-43-17-15-41(55-43)40(14-12-11-13-23-60-39(10)59)42-16-18-44(56-42)53(50-35(6)26-31(2)27-36(50)7)46-20-22-48(58-46)54(47-21-19-45(52)57-47)51-37(8)28-32(3)29-38(51)9/h15-22,24-29,55,58H,11-14,23H2,1-10H3. The van der Waals surface area contributed by atoms with Gasteiger partial charge in [0.15, 0.2) is 5.12 Å². The second kappa shape index (κ2) is 16.7. The van der Waals surface area contributed by atoms with Crippen molar-refractivity contribution >= 4 is 63.2 Å². The van der Waals surface area contributed by atoms with E-state index >= 15 is 0 Å². The number of aromatic nitrogens is 4. The number of carbonyl (C=O) groups excluding carboxylic acids is 1. The van der Waals surface area contributed by atoms with E-state index in [1.54, 1.807) is 6.92 Å². The Balaban J connectivity index is 1.52. The number of rotatable bonds is 9. The number of aryl methyl sites for hydroxylation is 10. The van der Waals surface area contributed by atoms with Crippen molar-refractivity contribution in [2.24, 2.45) is 0 Å². The molecule has 6 heteroatoms. The minimum absolute atomic E-state index is 0.182. The SMILES string of the molecule is CC(=O)SCCCCCc1c2nc(c(-c3c(C)cc(C)cc3C)c3ccc([nH]3)c(-c3c(C)cc(C)cc3C)c3nc(c(-c4c(C)cc(C)cc4C)c4ccc1[nH]4)C=C3)C=C2. The van der Waals surface area contributed by atoms with Gasteiger partial charge in [-0.1, -0.05) is 71.3 Å². The van der Waals surface area contributed by atoms with Crippen LogP contribution < -0.4 is 0 Å². The monoisotopic (exact) mass is 808 g/mol. The zero-order valence-electron chi connectivity index (χ0n) is 36.8. The Kier molecular flexibility index (Phi) is 11.4. The molecule has 3 aromatic heterocycles. The highest BCUT2D eigenvalue weighted by Crippen LogP contribution is 2.41. The highest BCUT2D eigenvalue weighted by molar-refractivity contribution is 8.13. The van der Waals surface area contributed by atoms with Crippen molar-refractivity contribution in [1.82, 2.24) is 19.9 Å². The van der Waals surface area contributed by atoms with Crippen molar-refractivity contribution in [3.05, 3.63) is 139 Å². The van der Waals surface area contributed by atoms with Crippen LogP contribution >= 0.6 is 11.8 Å². The Morgan fingerprint density at radius 1 is 0.467 bits per heavy atom. The molecule has 0 unspecified atom stereocenters. The fraction of sp³-hybridized carbons (Fsp3) is 0.278. The molecule has 6 aromatic rings. The average molecular weight is 809 g/mol. The van der Waals surface area contributed by atoms with Crippen LogP contribution in [0.2, 0.25) is 0 Å². The molecular weight excluding hydrogens is 753 g/mol. The highest BCUT2D eigenvalue weighted by Gasteiger charge is 2.22. The topological polar surface area (TPSA) is 74.4 Å². The molecule has 2 aliphatic rings. The number of aromatic amines is 2. The molecule has 8 rings (SSSR count). The van der Waals surface area contributed by atoms with Crippen LogP contribution in [-0.2, 0) is 11.2 Å². The molecule has 304 valence electrons. The van der Waals surface area contributed by atoms with E-state index in [9.17, 15) is 4.79 Å². The Bertz CT molecular complexity index is 2830. The second-order valence-electron chi connectivity index (χ2n) is 17.1. The summed E-state index contributed by atoms with van der Waals surface area (Å²) in [6.07, 6.45) is 12.7. The molecule has 5 nitrogen and oxygen atoms in total. The lowest BCUT2D eigenvalue weighted by Gasteiger charge is -2.14. The molecule has 0 radical (unpaired) electrons. The number of nitrogens with one attached hydrogen (secondary N) is 2. The fourth-order valence-corrected chi connectivity index (χ4v) is 10.5. The average Bonchev–Trinajstić information content (AvgIpc) is 4.00. The van der Waals surface area contributed by atoms with Crippen LogP contribution in [0.3, 0.4) is 0 Å². The number of hydrogen-bond donors (Lipinski definition) is 2. The molecule has 0 fully saturated rings. The van der Waals surface area contributed by atoms with Gasteiger partial charge in [-0.25, -0.2) is 9.97 Å². The number of unbranched alkanes of at least 4 members (excludes halogenated alkanes) is 2. The Morgan fingerprint density at radius 2 is 0.817 bits per heavy atom. The number of hydrogen-bond acceptors (Lipinski definition) is 4. The third kappa shape index (κ3) is 7.98. The van der Waals surface area contributed by atoms with Gasteiger partial charge in [0.1, 0.15) is 0 Å². The van der Waals surface area contributed by atoms with Crippen LogP contribution in [0.1, 0.15) is 105 Å². The fourth-order valence-electron chi connectivity index (χ4n) is 9.84. The zero-order valence-corrected chi connectivity index (χ0v) is 37.6. The van der Waals surface area contributed by atoms with Crippen molar-refractivity contribution in [2.45, 2.75) is 94.9 Å². The van der Waals surface area contributed by atoms with Gasteiger partial charge in [-0.15, -0.1) is 0 Å². The first-order valence-electron chi connectivity index (χ1n) is 21.3. The van der Waals surface area contributed by atoms with Crippen molar-refractivity contribution in [2.75, 3.05) is 5.75 Å². The van der Waals surface area contributed by atoms with Crippen molar-refractivity contribution in [3.8, 4) is 33.4 Å². The Hall–Kier alpha value is -5.72. The second-order valence-corrected chi connectivity index (χ2v) is 18.3. The lowest BCUT2D eigenvalue weighted by atomic mass is 9.92. The maximum Gasteiger partial charge on any atom is 0.185 e. The molecule has 0 aliphatic carbocycles. The predicted octanol–water partition coefficient (Wildman–Crippen LogP) is 14.4. The van der Waals surface area contributed by atoms with Gasteiger partial charge in [0, 0.05) is 57.0 Å². The Labute approximate surface area is 359 Å². The van der Waals surface area contributed by atoms with Crippen LogP contribution in [0.4, 0.5) is 0 Å². The predicted molar refractivity (Wildman–Crippen MR) is 258 cm³/mol. The van der Waals surface area contributed by atoms with E-state index < -0.39 is 0 Å². The van der Waals surface area contributed by atoms with E-state index in [2.05, 4.69) is 157 Å². The molecule has 0 amide bonds. The molecule has 5 heterocycles. The van der Waals surface area contributed by atoms with Gasteiger partial charge < -0.3 is 9.97 Å². The van der Waals surface area contributed by atoms with Crippen molar-refractivity contribution < 1.29 is 4.79 Å². The molecule has 8 bridgehead atoms. The quantitative estimate of drug-likeness (QED) is 0.142. The summed E-state index contributed by atoms with van der Waals surface area (Å²) in [4.78, 5) is 30.7. The number of thioether (sulfide) groups is 1. The largest absolute Gasteiger partial charge is 0.355 e. The molecule has 0 atom stereocenters. The van der Waals surface area contributed by atoms with Gasteiger partial charge in [-0.3, -0.25) is 4.79 Å². The summed E-state index contributed by atoms with van der Waals surface area (Å²) >= 11 is 1.42. The summed E-state index contributed by atoms with van der Waals surface area (Å²) in [6.45, 7) is 21.5. The summed E-state index contributed by atoms with van der Waals surface area (Å²) in [5.41, 5.74) is 27.1. The van der Waals surface area contributed by atoms with Gasteiger partial charge in [0.2, 0.25) is 0 Å². The van der Waals surface area contributed by atoms with E-state index in [0.717, 1.165) is 93.0 Å². The maximum atomic E-state index is 11.6. The number of fused-ring (bicyclic) bond motifs is 8. The summed E-state index contributed by atoms with van der Waals surface area (Å²) in [5.74, 6) is 0.853. The van der Waals surface area contributed by atoms with E-state index in [0.29, 0.717) is 0 Å².